The van der Waals surface area contributed by atoms with Crippen molar-refractivity contribution < 1.29 is 0 Å². The molecule has 2 rings (SSSR count). The Kier molecular flexibility index (Phi) is 3.67. The molecular formula is C15H22ClN. The van der Waals surface area contributed by atoms with E-state index in [-0.39, 0.29) is 0 Å². The van der Waals surface area contributed by atoms with Crippen molar-refractivity contribution >= 4 is 17.3 Å². The number of nitrogens with one attached hydrogen (secondary N) is 1. The summed E-state index contributed by atoms with van der Waals surface area (Å²) in [5.74, 6) is 0. The number of hydrogen-bond acceptors (Lipinski definition) is 1. The zero-order valence-electron chi connectivity index (χ0n) is 11.0. The fourth-order valence-electron chi connectivity index (χ4n) is 2.53. The Balaban J connectivity index is 2.00. The van der Waals surface area contributed by atoms with E-state index in [0.29, 0.717) is 11.5 Å². The normalized spacial score (nSPS) is 20.2. The summed E-state index contributed by atoms with van der Waals surface area (Å²) in [5.41, 5.74) is 2.89. The summed E-state index contributed by atoms with van der Waals surface area (Å²) in [5, 5.41) is 4.50. The first kappa shape index (κ1) is 12.8. The van der Waals surface area contributed by atoms with Gasteiger partial charge in [-0.25, -0.2) is 0 Å². The van der Waals surface area contributed by atoms with Crippen LogP contribution in [-0.2, 0) is 0 Å². The van der Waals surface area contributed by atoms with Crippen LogP contribution in [-0.4, -0.2) is 6.04 Å². The third kappa shape index (κ3) is 3.16. The largest absolute Gasteiger partial charge is 0.382 e. The monoisotopic (exact) mass is 251 g/mol. The van der Waals surface area contributed by atoms with Crippen molar-refractivity contribution in [1.29, 1.82) is 0 Å². The molecule has 0 radical (unpaired) electrons. The van der Waals surface area contributed by atoms with Gasteiger partial charge in [0.1, 0.15) is 0 Å². The second-order valence-corrected chi connectivity index (χ2v) is 6.40. The van der Waals surface area contributed by atoms with Crippen LogP contribution in [0, 0.1) is 12.3 Å². The molecule has 1 nitrogen and oxygen atoms in total. The summed E-state index contributed by atoms with van der Waals surface area (Å²) in [6.07, 6.45) is 5.15. The van der Waals surface area contributed by atoms with E-state index in [4.69, 9.17) is 11.6 Å². The first-order chi connectivity index (χ1) is 7.98. The molecule has 0 spiro atoms. The molecule has 2 heteroatoms. The van der Waals surface area contributed by atoms with Crippen molar-refractivity contribution in [3.63, 3.8) is 0 Å². The summed E-state index contributed by atoms with van der Waals surface area (Å²) in [4.78, 5) is 0. The molecule has 0 aromatic heterocycles. The number of benzene rings is 1. The van der Waals surface area contributed by atoms with E-state index in [1.807, 2.05) is 12.1 Å². The van der Waals surface area contributed by atoms with Crippen molar-refractivity contribution in [3.8, 4) is 0 Å². The van der Waals surface area contributed by atoms with Gasteiger partial charge in [0.2, 0.25) is 0 Å². The molecule has 0 aliphatic heterocycles. The molecule has 94 valence electrons. The molecule has 1 aromatic rings. The van der Waals surface area contributed by atoms with Crippen LogP contribution >= 0.6 is 11.6 Å². The number of anilines is 1. The van der Waals surface area contributed by atoms with E-state index in [1.54, 1.807) is 0 Å². The predicted octanol–water partition coefficient (Wildman–Crippen LogP) is 5.03. The zero-order valence-corrected chi connectivity index (χ0v) is 11.8. The molecule has 0 saturated heterocycles. The zero-order chi connectivity index (χ0) is 12.5. The lowest BCUT2D eigenvalue weighted by Gasteiger charge is -2.35. The highest BCUT2D eigenvalue weighted by atomic mass is 35.5. The van der Waals surface area contributed by atoms with Crippen LogP contribution < -0.4 is 5.32 Å². The SMILES string of the molecule is Cc1c(Cl)cccc1NC1CCC(C)(C)CC1. The molecular weight excluding hydrogens is 230 g/mol. The van der Waals surface area contributed by atoms with Gasteiger partial charge in [0.25, 0.3) is 0 Å². The van der Waals surface area contributed by atoms with Crippen molar-refractivity contribution in [1.82, 2.24) is 0 Å². The Hall–Kier alpha value is -0.690. The second kappa shape index (κ2) is 4.89. The Bertz CT molecular complexity index is 388. The van der Waals surface area contributed by atoms with Gasteiger partial charge in [0.05, 0.1) is 0 Å². The van der Waals surface area contributed by atoms with Gasteiger partial charge >= 0.3 is 0 Å². The van der Waals surface area contributed by atoms with E-state index >= 15 is 0 Å². The highest BCUT2D eigenvalue weighted by Gasteiger charge is 2.26. The molecule has 1 aliphatic carbocycles. The van der Waals surface area contributed by atoms with E-state index in [0.717, 1.165) is 5.02 Å². The van der Waals surface area contributed by atoms with Crippen LogP contribution in [0.4, 0.5) is 5.69 Å². The number of rotatable bonds is 2. The minimum absolute atomic E-state index is 0.529. The van der Waals surface area contributed by atoms with E-state index in [9.17, 15) is 0 Å². The van der Waals surface area contributed by atoms with Crippen molar-refractivity contribution in [2.75, 3.05) is 5.32 Å². The molecule has 0 bridgehead atoms. The predicted molar refractivity (Wildman–Crippen MR) is 75.8 cm³/mol. The lowest BCUT2D eigenvalue weighted by Crippen LogP contribution is -2.30. The third-order valence-corrected chi connectivity index (χ3v) is 4.38. The molecule has 17 heavy (non-hydrogen) atoms. The van der Waals surface area contributed by atoms with Crippen molar-refractivity contribution in [2.24, 2.45) is 5.41 Å². The van der Waals surface area contributed by atoms with Gasteiger partial charge in [-0.3, -0.25) is 0 Å². The summed E-state index contributed by atoms with van der Waals surface area (Å²) >= 11 is 6.14. The standard InChI is InChI=1S/C15H22ClN/c1-11-13(16)5-4-6-14(11)17-12-7-9-15(2,3)10-8-12/h4-6,12,17H,7-10H2,1-3H3. The Labute approximate surface area is 110 Å². The fourth-order valence-corrected chi connectivity index (χ4v) is 2.70. The Morgan fingerprint density at radius 2 is 1.88 bits per heavy atom. The van der Waals surface area contributed by atoms with Crippen LogP contribution in [0.25, 0.3) is 0 Å². The topological polar surface area (TPSA) is 12.0 Å². The molecule has 1 aliphatic rings. The highest BCUT2D eigenvalue weighted by Crippen LogP contribution is 2.36. The van der Waals surface area contributed by atoms with Crippen LogP contribution in [0.3, 0.4) is 0 Å². The van der Waals surface area contributed by atoms with Crippen LogP contribution in [0.5, 0.6) is 0 Å². The average molecular weight is 252 g/mol. The minimum atomic E-state index is 0.529. The lowest BCUT2D eigenvalue weighted by atomic mass is 9.75. The summed E-state index contributed by atoms with van der Waals surface area (Å²) in [6.45, 7) is 6.82. The van der Waals surface area contributed by atoms with Gasteiger partial charge in [0, 0.05) is 16.8 Å². The smallest absolute Gasteiger partial charge is 0.0455 e. The van der Waals surface area contributed by atoms with E-state index in [1.165, 1.54) is 36.9 Å². The summed E-state index contributed by atoms with van der Waals surface area (Å²) in [7, 11) is 0. The molecule has 1 N–H and O–H groups in total. The lowest BCUT2D eigenvalue weighted by molar-refractivity contribution is 0.232. The van der Waals surface area contributed by atoms with E-state index < -0.39 is 0 Å². The van der Waals surface area contributed by atoms with Crippen LogP contribution in [0.15, 0.2) is 18.2 Å². The summed E-state index contributed by atoms with van der Waals surface area (Å²) in [6, 6.07) is 6.71. The molecule has 1 saturated carbocycles. The molecule has 1 aromatic carbocycles. The highest BCUT2D eigenvalue weighted by molar-refractivity contribution is 6.31. The third-order valence-electron chi connectivity index (χ3n) is 3.97. The Morgan fingerprint density at radius 3 is 2.53 bits per heavy atom. The van der Waals surface area contributed by atoms with Crippen molar-refractivity contribution in [3.05, 3.63) is 28.8 Å². The maximum atomic E-state index is 6.14. The molecule has 0 amide bonds. The average Bonchev–Trinajstić information content (AvgIpc) is 2.27. The first-order valence-electron chi connectivity index (χ1n) is 6.50. The number of hydrogen-bond donors (Lipinski definition) is 1. The quantitative estimate of drug-likeness (QED) is 0.778. The van der Waals surface area contributed by atoms with Crippen molar-refractivity contribution in [2.45, 2.75) is 52.5 Å². The van der Waals surface area contributed by atoms with Crippen LogP contribution in [0.2, 0.25) is 5.02 Å². The van der Waals surface area contributed by atoms with Gasteiger partial charge in [-0.2, -0.15) is 0 Å². The molecule has 0 atom stereocenters. The van der Waals surface area contributed by atoms with E-state index in [2.05, 4.69) is 32.2 Å². The fraction of sp³-hybridized carbons (Fsp3) is 0.600. The van der Waals surface area contributed by atoms with Gasteiger partial charge in [0.15, 0.2) is 0 Å². The Morgan fingerprint density at radius 1 is 1.24 bits per heavy atom. The maximum Gasteiger partial charge on any atom is 0.0455 e. The van der Waals surface area contributed by atoms with Gasteiger partial charge in [-0.15, -0.1) is 0 Å². The molecule has 1 fully saturated rings. The van der Waals surface area contributed by atoms with Gasteiger partial charge in [-0.1, -0.05) is 31.5 Å². The number of halogens is 1. The van der Waals surface area contributed by atoms with Gasteiger partial charge in [-0.05, 0) is 55.7 Å². The minimum Gasteiger partial charge on any atom is -0.382 e. The van der Waals surface area contributed by atoms with Gasteiger partial charge < -0.3 is 5.32 Å². The van der Waals surface area contributed by atoms with Crippen LogP contribution in [0.1, 0.15) is 45.1 Å². The second-order valence-electron chi connectivity index (χ2n) is 6.00. The first-order valence-corrected chi connectivity index (χ1v) is 6.87. The molecule has 0 unspecified atom stereocenters. The summed E-state index contributed by atoms with van der Waals surface area (Å²) < 4.78 is 0. The maximum absolute atomic E-state index is 6.14. The molecule has 0 heterocycles.